The van der Waals surface area contributed by atoms with Gasteiger partial charge in [-0.3, -0.25) is 9.78 Å². The number of nitrogens with one attached hydrogen (secondary N) is 2. The van der Waals surface area contributed by atoms with E-state index in [2.05, 4.69) is 38.2 Å². The van der Waals surface area contributed by atoms with Crippen LogP contribution in [0.25, 0.3) is 0 Å². The van der Waals surface area contributed by atoms with E-state index in [1.54, 1.807) is 13.2 Å². The Bertz CT molecular complexity index is 613. The zero-order chi connectivity index (χ0) is 13.8. The van der Waals surface area contributed by atoms with E-state index < -0.39 is 0 Å². The zero-order valence-electron chi connectivity index (χ0n) is 10.7. The van der Waals surface area contributed by atoms with E-state index in [4.69, 9.17) is 0 Å². The summed E-state index contributed by atoms with van der Waals surface area (Å²) in [5.41, 5.74) is 2.98. The molecule has 1 aromatic carbocycles. The Kier molecular flexibility index (Phi) is 4.36. The van der Waals surface area contributed by atoms with Crippen molar-refractivity contribution >= 4 is 39.9 Å². The number of aromatic nitrogens is 1. The Morgan fingerprint density at radius 3 is 2.68 bits per heavy atom. The van der Waals surface area contributed by atoms with Gasteiger partial charge in [0.2, 0.25) is 0 Å². The maximum atomic E-state index is 12.3. The van der Waals surface area contributed by atoms with Crippen LogP contribution in [0.3, 0.4) is 0 Å². The highest BCUT2D eigenvalue weighted by Crippen LogP contribution is 2.20. The first-order valence-corrected chi connectivity index (χ1v) is 6.90. The third kappa shape index (κ3) is 3.23. The molecule has 19 heavy (non-hydrogen) atoms. The molecule has 4 nitrogen and oxygen atoms in total. The maximum absolute atomic E-state index is 12.3. The fourth-order valence-electron chi connectivity index (χ4n) is 1.70. The van der Waals surface area contributed by atoms with Gasteiger partial charge in [-0.2, -0.15) is 0 Å². The molecular weight excluding hydrogens is 353 g/mol. The van der Waals surface area contributed by atoms with Gasteiger partial charge in [0.15, 0.2) is 0 Å². The second kappa shape index (κ2) is 6.01. The Morgan fingerprint density at radius 2 is 2.00 bits per heavy atom. The molecule has 0 bridgehead atoms. The van der Waals surface area contributed by atoms with Crippen LogP contribution in [-0.2, 0) is 0 Å². The highest BCUT2D eigenvalue weighted by molar-refractivity contribution is 14.1. The van der Waals surface area contributed by atoms with E-state index >= 15 is 0 Å². The summed E-state index contributed by atoms with van der Waals surface area (Å²) in [5.74, 6) is -0.166. The van der Waals surface area contributed by atoms with Crippen molar-refractivity contribution in [3.8, 4) is 0 Å². The van der Waals surface area contributed by atoms with Crippen molar-refractivity contribution in [2.24, 2.45) is 0 Å². The average Bonchev–Trinajstić information content (AvgIpc) is 2.41. The second-order valence-electron chi connectivity index (χ2n) is 4.06. The van der Waals surface area contributed by atoms with Crippen molar-refractivity contribution in [3.63, 3.8) is 0 Å². The van der Waals surface area contributed by atoms with Crippen LogP contribution in [0.4, 0.5) is 11.4 Å². The molecule has 0 aliphatic rings. The largest absolute Gasteiger partial charge is 0.387 e. The van der Waals surface area contributed by atoms with Gasteiger partial charge in [0.1, 0.15) is 0 Å². The van der Waals surface area contributed by atoms with Gasteiger partial charge in [-0.25, -0.2) is 0 Å². The molecule has 2 N–H and O–H groups in total. The minimum Gasteiger partial charge on any atom is -0.387 e. The molecule has 2 rings (SSSR count). The normalized spacial score (nSPS) is 10.1. The lowest BCUT2D eigenvalue weighted by molar-refractivity contribution is 0.102. The van der Waals surface area contributed by atoms with Crippen molar-refractivity contribution in [2.45, 2.75) is 6.92 Å². The first kappa shape index (κ1) is 13.8. The zero-order valence-corrected chi connectivity index (χ0v) is 12.9. The van der Waals surface area contributed by atoms with E-state index in [1.165, 1.54) is 0 Å². The molecule has 1 heterocycles. The number of rotatable bonds is 3. The first-order valence-electron chi connectivity index (χ1n) is 5.82. The fourth-order valence-corrected chi connectivity index (χ4v) is 2.22. The Hall–Kier alpha value is -1.63. The number of nitrogens with zero attached hydrogens (tertiary/aromatic N) is 1. The number of anilines is 2. The summed E-state index contributed by atoms with van der Waals surface area (Å²) in [7, 11) is 1.79. The molecule has 0 spiro atoms. The number of carbonyl (C=O) groups is 1. The lowest BCUT2D eigenvalue weighted by Gasteiger charge is -2.11. The Balaban J connectivity index is 2.28. The maximum Gasteiger partial charge on any atom is 0.259 e. The Morgan fingerprint density at radius 1 is 1.26 bits per heavy atom. The summed E-state index contributed by atoms with van der Waals surface area (Å²) in [4.78, 5) is 16.4. The molecule has 0 radical (unpaired) electrons. The molecule has 0 unspecified atom stereocenters. The third-order valence-electron chi connectivity index (χ3n) is 2.68. The van der Waals surface area contributed by atoms with Crippen LogP contribution in [0.1, 0.15) is 16.1 Å². The molecular formula is C14H14IN3O. The van der Waals surface area contributed by atoms with E-state index in [-0.39, 0.29) is 5.91 Å². The van der Waals surface area contributed by atoms with Crippen LogP contribution in [0.15, 0.2) is 36.5 Å². The summed E-state index contributed by atoms with van der Waals surface area (Å²) in [6, 6.07) is 9.50. The van der Waals surface area contributed by atoms with Crippen LogP contribution < -0.4 is 10.6 Å². The van der Waals surface area contributed by atoms with Crippen LogP contribution in [0.2, 0.25) is 0 Å². The Labute approximate surface area is 125 Å². The predicted octanol–water partition coefficient (Wildman–Crippen LogP) is 3.29. The molecule has 0 aliphatic carbocycles. The number of hydrogen-bond acceptors (Lipinski definition) is 3. The number of carbonyl (C=O) groups excluding carboxylic acids is 1. The summed E-state index contributed by atoms with van der Waals surface area (Å²) < 4.78 is 1.000. The SMILES string of the molecule is CNc1cc(C)ncc1C(=O)Nc1ccccc1I. The van der Waals surface area contributed by atoms with Crippen LogP contribution in [-0.4, -0.2) is 17.9 Å². The van der Waals surface area contributed by atoms with Crippen molar-refractivity contribution in [1.82, 2.24) is 4.98 Å². The third-order valence-corrected chi connectivity index (χ3v) is 3.62. The van der Waals surface area contributed by atoms with Gasteiger partial charge in [0.05, 0.1) is 16.9 Å². The number of hydrogen-bond donors (Lipinski definition) is 2. The van der Waals surface area contributed by atoms with Gasteiger partial charge < -0.3 is 10.6 Å². The summed E-state index contributed by atoms with van der Waals surface area (Å²) in [6.45, 7) is 1.89. The number of aryl methyl sites for hydroxylation is 1. The molecule has 0 fully saturated rings. The predicted molar refractivity (Wildman–Crippen MR) is 85.6 cm³/mol. The highest BCUT2D eigenvalue weighted by Gasteiger charge is 2.12. The number of benzene rings is 1. The van der Waals surface area contributed by atoms with Crippen molar-refractivity contribution in [1.29, 1.82) is 0 Å². The van der Waals surface area contributed by atoms with Gasteiger partial charge in [0.25, 0.3) is 5.91 Å². The van der Waals surface area contributed by atoms with Gasteiger partial charge >= 0.3 is 0 Å². The number of pyridine rings is 1. The number of para-hydroxylation sites is 1. The molecule has 0 saturated heterocycles. The van der Waals surface area contributed by atoms with Crippen LogP contribution in [0, 0.1) is 10.5 Å². The average molecular weight is 367 g/mol. The standard InChI is InChI=1S/C14H14IN3O/c1-9-7-13(16-2)10(8-17-9)14(19)18-12-6-4-3-5-11(12)15/h3-8H,1-2H3,(H,16,17)(H,18,19). The monoisotopic (exact) mass is 367 g/mol. The van der Waals surface area contributed by atoms with Crippen LogP contribution >= 0.6 is 22.6 Å². The molecule has 2 aromatic rings. The van der Waals surface area contributed by atoms with Crippen molar-refractivity contribution in [2.75, 3.05) is 17.7 Å². The topological polar surface area (TPSA) is 54.0 Å². The van der Waals surface area contributed by atoms with Gasteiger partial charge in [-0.05, 0) is 47.7 Å². The van der Waals surface area contributed by atoms with Gasteiger partial charge in [0, 0.05) is 22.5 Å². The molecule has 1 amide bonds. The smallest absolute Gasteiger partial charge is 0.259 e. The molecule has 0 atom stereocenters. The van der Waals surface area contributed by atoms with Gasteiger partial charge in [-0.15, -0.1) is 0 Å². The first-order chi connectivity index (χ1) is 9.11. The highest BCUT2D eigenvalue weighted by atomic mass is 127. The molecule has 1 aromatic heterocycles. The second-order valence-corrected chi connectivity index (χ2v) is 5.22. The molecule has 0 saturated carbocycles. The fraction of sp³-hybridized carbons (Fsp3) is 0.143. The number of amides is 1. The lowest BCUT2D eigenvalue weighted by atomic mass is 10.2. The minimum atomic E-state index is -0.166. The summed E-state index contributed by atoms with van der Waals surface area (Å²) >= 11 is 2.19. The quantitative estimate of drug-likeness (QED) is 0.819. The minimum absolute atomic E-state index is 0.166. The van der Waals surface area contributed by atoms with Crippen molar-refractivity contribution < 1.29 is 4.79 Å². The van der Waals surface area contributed by atoms with Crippen molar-refractivity contribution in [3.05, 3.63) is 51.4 Å². The lowest BCUT2D eigenvalue weighted by Crippen LogP contribution is -2.15. The van der Waals surface area contributed by atoms with Crippen LogP contribution in [0.5, 0.6) is 0 Å². The van der Waals surface area contributed by atoms with E-state index in [0.29, 0.717) is 5.56 Å². The van der Waals surface area contributed by atoms with E-state index in [9.17, 15) is 4.79 Å². The van der Waals surface area contributed by atoms with E-state index in [1.807, 2.05) is 37.3 Å². The molecule has 5 heteroatoms. The molecule has 0 aliphatic heterocycles. The summed E-state index contributed by atoms with van der Waals surface area (Å²) in [5, 5.41) is 5.91. The van der Waals surface area contributed by atoms with Gasteiger partial charge in [-0.1, -0.05) is 12.1 Å². The summed E-state index contributed by atoms with van der Waals surface area (Å²) in [6.07, 6.45) is 1.59. The van der Waals surface area contributed by atoms with E-state index in [0.717, 1.165) is 20.6 Å². The number of halogens is 1. The molecule has 98 valence electrons.